The zero-order valence-corrected chi connectivity index (χ0v) is 15.8. The van der Waals surface area contributed by atoms with Crippen LogP contribution in [0.3, 0.4) is 0 Å². The van der Waals surface area contributed by atoms with Crippen LogP contribution in [0, 0.1) is 0 Å². The van der Waals surface area contributed by atoms with Crippen molar-refractivity contribution in [1.29, 1.82) is 0 Å². The third kappa shape index (κ3) is 8.01. The molecule has 0 aliphatic carbocycles. The zero-order valence-electron chi connectivity index (χ0n) is 13.5. The molecule has 1 aromatic rings. The van der Waals surface area contributed by atoms with Gasteiger partial charge in [-0.15, -0.1) is 0 Å². The maximum Gasteiger partial charge on any atom is 0.407 e. The highest BCUT2D eigenvalue weighted by molar-refractivity contribution is 9.10. The molecule has 0 aromatic heterocycles. The van der Waals surface area contributed by atoms with Gasteiger partial charge in [0, 0.05) is 22.1 Å². The number of halogens is 2. The summed E-state index contributed by atoms with van der Waals surface area (Å²) in [5.41, 5.74) is 0.582. The van der Waals surface area contributed by atoms with Gasteiger partial charge in [0.2, 0.25) is 0 Å². The minimum Gasteiger partial charge on any atom is -0.444 e. The number of carbonyl (C=O) groups is 1. The van der Waals surface area contributed by atoms with Crippen molar-refractivity contribution in [3.63, 3.8) is 0 Å². The van der Waals surface area contributed by atoms with E-state index in [2.05, 4.69) is 26.6 Å². The van der Waals surface area contributed by atoms with Crippen LogP contribution in [0.15, 0.2) is 22.7 Å². The molecule has 1 rings (SSSR count). The summed E-state index contributed by atoms with van der Waals surface area (Å²) < 4.78 is 6.19. The van der Waals surface area contributed by atoms with Gasteiger partial charge in [-0.25, -0.2) is 4.79 Å². The van der Waals surface area contributed by atoms with E-state index in [0.717, 1.165) is 28.0 Å². The summed E-state index contributed by atoms with van der Waals surface area (Å²) in [5.74, 6) is 0. The highest BCUT2D eigenvalue weighted by Crippen LogP contribution is 2.21. The number of alkyl carbamates (subject to hydrolysis) is 1. The van der Waals surface area contributed by atoms with Crippen LogP contribution >= 0.6 is 27.5 Å². The molecule has 22 heavy (non-hydrogen) atoms. The third-order valence-electron chi connectivity index (χ3n) is 2.85. The Balaban J connectivity index is 2.25. The van der Waals surface area contributed by atoms with Gasteiger partial charge >= 0.3 is 6.09 Å². The number of amides is 1. The summed E-state index contributed by atoms with van der Waals surface area (Å²) in [4.78, 5) is 11.6. The van der Waals surface area contributed by atoms with Crippen molar-refractivity contribution in [1.82, 2.24) is 10.6 Å². The number of ether oxygens (including phenoxy) is 1. The Morgan fingerprint density at radius 2 is 2.09 bits per heavy atom. The van der Waals surface area contributed by atoms with Crippen molar-refractivity contribution >= 4 is 33.6 Å². The van der Waals surface area contributed by atoms with Gasteiger partial charge in [0.1, 0.15) is 5.60 Å². The van der Waals surface area contributed by atoms with Crippen molar-refractivity contribution in [2.24, 2.45) is 0 Å². The Kier molecular flexibility index (Phi) is 7.66. The normalized spacial score (nSPS) is 12.8. The Labute approximate surface area is 146 Å². The summed E-state index contributed by atoms with van der Waals surface area (Å²) in [6.07, 6.45) is 0.434. The fraction of sp³-hybridized carbons (Fsp3) is 0.562. The van der Waals surface area contributed by atoms with Crippen molar-refractivity contribution in [3.05, 3.63) is 33.3 Å². The molecule has 0 fully saturated rings. The lowest BCUT2D eigenvalue weighted by atomic mass is 10.2. The standard InChI is InChI=1S/C16H24BrClN2O2/c1-11(20-15(21)22-16(2,3)4)7-8-19-10-12-5-6-13(17)9-14(12)18/h5-6,9,11,19H,7-8,10H2,1-4H3,(H,20,21). The Bertz CT molecular complexity index is 503. The van der Waals surface area contributed by atoms with Crippen molar-refractivity contribution in [3.8, 4) is 0 Å². The molecule has 6 heteroatoms. The van der Waals surface area contributed by atoms with E-state index in [0.29, 0.717) is 6.54 Å². The first kappa shape index (κ1) is 19.3. The lowest BCUT2D eigenvalue weighted by molar-refractivity contribution is 0.0506. The first-order valence-electron chi connectivity index (χ1n) is 7.31. The van der Waals surface area contributed by atoms with Crippen molar-refractivity contribution in [2.45, 2.75) is 52.3 Å². The quantitative estimate of drug-likeness (QED) is 0.702. The van der Waals surface area contributed by atoms with Crippen LogP contribution in [0.1, 0.15) is 39.7 Å². The smallest absolute Gasteiger partial charge is 0.407 e. The number of rotatable bonds is 6. The second kappa shape index (κ2) is 8.75. The second-order valence-corrected chi connectivity index (χ2v) is 7.57. The predicted octanol–water partition coefficient (Wildman–Crippen LogP) is 4.50. The molecule has 0 saturated carbocycles. The van der Waals surface area contributed by atoms with Gasteiger partial charge < -0.3 is 15.4 Å². The first-order chi connectivity index (χ1) is 10.2. The maximum atomic E-state index is 11.6. The van der Waals surface area contributed by atoms with E-state index < -0.39 is 5.60 Å². The Morgan fingerprint density at radius 3 is 2.68 bits per heavy atom. The first-order valence-corrected chi connectivity index (χ1v) is 8.48. The van der Waals surface area contributed by atoms with Crippen LogP contribution in [0.2, 0.25) is 5.02 Å². The summed E-state index contributed by atoms with van der Waals surface area (Å²) in [6.45, 7) is 8.98. The van der Waals surface area contributed by atoms with Gasteiger partial charge in [0.15, 0.2) is 0 Å². The number of hydrogen-bond acceptors (Lipinski definition) is 3. The summed E-state index contributed by atoms with van der Waals surface area (Å²) >= 11 is 9.54. The van der Waals surface area contributed by atoms with E-state index in [1.807, 2.05) is 45.9 Å². The van der Waals surface area contributed by atoms with Crippen LogP contribution in [0.5, 0.6) is 0 Å². The molecule has 1 aromatic carbocycles. The van der Waals surface area contributed by atoms with Crippen LogP contribution in [-0.4, -0.2) is 24.3 Å². The van der Waals surface area contributed by atoms with Crippen LogP contribution < -0.4 is 10.6 Å². The molecule has 0 radical (unpaired) electrons. The Morgan fingerprint density at radius 1 is 1.41 bits per heavy atom. The number of carbonyl (C=O) groups excluding carboxylic acids is 1. The molecule has 0 bridgehead atoms. The van der Waals surface area contributed by atoms with Crippen molar-refractivity contribution < 1.29 is 9.53 Å². The lowest BCUT2D eigenvalue weighted by Gasteiger charge is -2.22. The average Bonchev–Trinajstić information content (AvgIpc) is 2.34. The third-order valence-corrected chi connectivity index (χ3v) is 3.69. The van der Waals surface area contributed by atoms with Gasteiger partial charge in [0.25, 0.3) is 0 Å². The van der Waals surface area contributed by atoms with E-state index in [-0.39, 0.29) is 12.1 Å². The second-order valence-electron chi connectivity index (χ2n) is 6.25. The molecule has 0 saturated heterocycles. The molecule has 0 aliphatic rings. The van der Waals surface area contributed by atoms with Crippen LogP contribution in [0.25, 0.3) is 0 Å². The summed E-state index contributed by atoms with van der Waals surface area (Å²) in [6, 6.07) is 5.88. The minimum atomic E-state index is -0.472. The average molecular weight is 392 g/mol. The maximum absolute atomic E-state index is 11.6. The molecule has 0 heterocycles. The van der Waals surface area contributed by atoms with Gasteiger partial charge in [-0.1, -0.05) is 33.6 Å². The van der Waals surface area contributed by atoms with E-state index in [1.165, 1.54) is 0 Å². The largest absolute Gasteiger partial charge is 0.444 e. The summed E-state index contributed by atoms with van der Waals surface area (Å²) in [5, 5.41) is 6.88. The molecule has 124 valence electrons. The number of nitrogens with one attached hydrogen (secondary N) is 2. The van der Waals surface area contributed by atoms with Gasteiger partial charge in [0.05, 0.1) is 0 Å². The van der Waals surface area contributed by atoms with E-state index >= 15 is 0 Å². The van der Waals surface area contributed by atoms with E-state index in [1.54, 1.807) is 0 Å². The minimum absolute atomic E-state index is 0.0442. The number of hydrogen-bond donors (Lipinski definition) is 2. The topological polar surface area (TPSA) is 50.4 Å². The number of benzene rings is 1. The van der Waals surface area contributed by atoms with Gasteiger partial charge in [-0.2, -0.15) is 0 Å². The molecular weight excluding hydrogens is 368 g/mol. The molecule has 4 nitrogen and oxygen atoms in total. The molecule has 1 atom stereocenters. The fourth-order valence-electron chi connectivity index (χ4n) is 1.79. The molecule has 1 unspecified atom stereocenters. The molecule has 0 spiro atoms. The van der Waals surface area contributed by atoms with E-state index in [9.17, 15) is 4.79 Å². The Hall–Kier alpha value is -0.780. The van der Waals surface area contributed by atoms with Gasteiger partial charge in [-0.3, -0.25) is 0 Å². The van der Waals surface area contributed by atoms with E-state index in [4.69, 9.17) is 16.3 Å². The zero-order chi connectivity index (χ0) is 16.8. The van der Waals surface area contributed by atoms with Crippen LogP contribution in [-0.2, 0) is 11.3 Å². The molecule has 2 N–H and O–H groups in total. The highest BCUT2D eigenvalue weighted by atomic mass is 79.9. The summed E-state index contributed by atoms with van der Waals surface area (Å²) in [7, 11) is 0. The molecular formula is C16H24BrClN2O2. The monoisotopic (exact) mass is 390 g/mol. The lowest BCUT2D eigenvalue weighted by Crippen LogP contribution is -2.38. The molecule has 0 aliphatic heterocycles. The fourth-order valence-corrected chi connectivity index (χ4v) is 2.53. The van der Waals surface area contributed by atoms with Crippen molar-refractivity contribution in [2.75, 3.05) is 6.54 Å². The molecule has 1 amide bonds. The van der Waals surface area contributed by atoms with Gasteiger partial charge in [-0.05, 0) is 58.4 Å². The van der Waals surface area contributed by atoms with Crippen LogP contribution in [0.4, 0.5) is 4.79 Å². The SMILES string of the molecule is CC(CCNCc1ccc(Br)cc1Cl)NC(=O)OC(C)(C)C. The highest BCUT2D eigenvalue weighted by Gasteiger charge is 2.17. The predicted molar refractivity (Wildman–Crippen MR) is 94.3 cm³/mol.